The van der Waals surface area contributed by atoms with Crippen molar-refractivity contribution in [3.63, 3.8) is 0 Å². The summed E-state index contributed by atoms with van der Waals surface area (Å²) in [4.78, 5) is 12.1. The van der Waals surface area contributed by atoms with Gasteiger partial charge in [0.25, 0.3) is 0 Å². The molecule has 1 amide bonds. The van der Waals surface area contributed by atoms with Crippen LogP contribution in [0.15, 0.2) is 24.3 Å². The molecule has 0 fully saturated rings. The summed E-state index contributed by atoms with van der Waals surface area (Å²) in [5.41, 5.74) is 6.69. The van der Waals surface area contributed by atoms with Crippen molar-refractivity contribution in [1.82, 2.24) is 5.32 Å². The molecule has 6 nitrogen and oxygen atoms in total. The third-order valence-electron chi connectivity index (χ3n) is 3.84. The highest BCUT2D eigenvalue weighted by Crippen LogP contribution is 2.18. The number of hydrogen-bond acceptors (Lipinski definition) is 5. The third-order valence-corrected chi connectivity index (χ3v) is 4.82. The molecule has 3 N–H and O–H groups in total. The Morgan fingerprint density at radius 3 is 2.23 bits per heavy atom. The second-order valence-corrected chi connectivity index (χ2v) is 9.12. The number of nitrogens with one attached hydrogen (secondary N) is 1. The minimum absolute atomic E-state index is 0. The summed E-state index contributed by atoms with van der Waals surface area (Å²) in [6.07, 6.45) is 2.24. The third kappa shape index (κ3) is 9.99. The summed E-state index contributed by atoms with van der Waals surface area (Å²) in [7, 11) is -3.13. The van der Waals surface area contributed by atoms with Crippen molar-refractivity contribution in [1.29, 1.82) is 0 Å². The van der Waals surface area contributed by atoms with Crippen LogP contribution in [0.2, 0.25) is 0 Å². The Kier molecular flexibility index (Phi) is 10.8. The number of carbonyl (C=O) groups excluding carboxylic acids is 1. The maximum absolute atomic E-state index is 12.1. The number of rotatable bonds is 10. The number of ether oxygens (including phenoxy) is 1. The van der Waals surface area contributed by atoms with Crippen LogP contribution in [0.5, 0.6) is 5.75 Å². The molecule has 0 bridgehead atoms. The number of nitrogens with two attached hydrogens (primary N) is 1. The Balaban J connectivity index is 0.00000625. The van der Waals surface area contributed by atoms with E-state index in [4.69, 9.17) is 10.5 Å². The van der Waals surface area contributed by atoms with Gasteiger partial charge in [-0.2, -0.15) is 0 Å². The average Bonchev–Trinajstić information content (AvgIpc) is 2.52. The zero-order valence-electron chi connectivity index (χ0n) is 15.9. The van der Waals surface area contributed by atoms with Gasteiger partial charge in [0.15, 0.2) is 0 Å². The predicted octanol–water partition coefficient (Wildman–Crippen LogP) is 2.47. The first-order valence-corrected chi connectivity index (χ1v) is 10.6. The second kappa shape index (κ2) is 11.4. The largest absolute Gasteiger partial charge is 0.494 e. The summed E-state index contributed by atoms with van der Waals surface area (Å²) in [5, 5.41) is 2.81. The molecule has 8 heteroatoms. The fraction of sp³-hybridized carbons (Fsp3) is 0.611. The van der Waals surface area contributed by atoms with Gasteiger partial charge in [0, 0.05) is 6.26 Å². The second-order valence-electron chi connectivity index (χ2n) is 6.86. The molecule has 0 saturated carbocycles. The monoisotopic (exact) mass is 406 g/mol. The summed E-state index contributed by atoms with van der Waals surface area (Å²) >= 11 is 0. The van der Waals surface area contributed by atoms with Gasteiger partial charge in [-0.25, -0.2) is 8.42 Å². The number of sulfone groups is 1. The molecule has 1 aromatic rings. The van der Waals surface area contributed by atoms with Gasteiger partial charge in [-0.15, -0.1) is 12.4 Å². The molecule has 1 aromatic carbocycles. The van der Waals surface area contributed by atoms with Crippen LogP contribution in [0.25, 0.3) is 0 Å². The van der Waals surface area contributed by atoms with E-state index in [9.17, 15) is 13.2 Å². The Labute approximate surface area is 163 Å². The van der Waals surface area contributed by atoms with Crippen LogP contribution in [0.1, 0.15) is 45.2 Å². The van der Waals surface area contributed by atoms with Gasteiger partial charge in [-0.3, -0.25) is 4.79 Å². The number of halogens is 1. The van der Waals surface area contributed by atoms with Gasteiger partial charge in [0.2, 0.25) is 5.91 Å². The lowest BCUT2D eigenvalue weighted by Crippen LogP contribution is -2.42. The molecular formula is C18H31ClN2O4S. The van der Waals surface area contributed by atoms with E-state index in [1.807, 2.05) is 31.2 Å². The SMILES string of the molecule is CC(C)CCOc1ccc(C(C)NC(=O)C(N)CCS(C)(=O)=O)cc1.Cl. The Morgan fingerprint density at radius 1 is 1.15 bits per heavy atom. The predicted molar refractivity (Wildman–Crippen MR) is 108 cm³/mol. The van der Waals surface area contributed by atoms with Crippen LogP contribution >= 0.6 is 12.4 Å². The average molecular weight is 407 g/mol. The van der Waals surface area contributed by atoms with Crippen LogP contribution in [0, 0.1) is 5.92 Å². The zero-order chi connectivity index (χ0) is 19.0. The Bertz CT molecular complexity index is 648. The van der Waals surface area contributed by atoms with Gasteiger partial charge < -0.3 is 15.8 Å². The first-order chi connectivity index (χ1) is 11.6. The first-order valence-electron chi connectivity index (χ1n) is 8.55. The maximum Gasteiger partial charge on any atom is 0.237 e. The Hall–Kier alpha value is -1.31. The highest BCUT2D eigenvalue weighted by atomic mass is 35.5. The van der Waals surface area contributed by atoms with Gasteiger partial charge in [0.1, 0.15) is 15.6 Å². The van der Waals surface area contributed by atoms with Crippen molar-refractivity contribution < 1.29 is 17.9 Å². The summed E-state index contributed by atoms with van der Waals surface area (Å²) in [6.45, 7) is 6.84. The van der Waals surface area contributed by atoms with Gasteiger partial charge in [0.05, 0.1) is 24.4 Å². The van der Waals surface area contributed by atoms with Crippen LogP contribution in [-0.2, 0) is 14.6 Å². The molecule has 0 aromatic heterocycles. The van der Waals surface area contributed by atoms with Crippen LogP contribution in [0.3, 0.4) is 0 Å². The van der Waals surface area contributed by atoms with E-state index in [0.717, 1.165) is 24.0 Å². The lowest BCUT2D eigenvalue weighted by Gasteiger charge is -2.18. The van der Waals surface area contributed by atoms with E-state index in [1.54, 1.807) is 0 Å². The van der Waals surface area contributed by atoms with E-state index in [0.29, 0.717) is 12.5 Å². The molecule has 0 heterocycles. The zero-order valence-corrected chi connectivity index (χ0v) is 17.5. The summed E-state index contributed by atoms with van der Waals surface area (Å²) in [6, 6.07) is 6.50. The van der Waals surface area contributed by atoms with Crippen molar-refractivity contribution in [3.05, 3.63) is 29.8 Å². The van der Waals surface area contributed by atoms with E-state index < -0.39 is 15.9 Å². The normalized spacial score (nSPS) is 13.6. The molecule has 2 unspecified atom stereocenters. The van der Waals surface area contributed by atoms with Gasteiger partial charge >= 0.3 is 0 Å². The highest BCUT2D eigenvalue weighted by molar-refractivity contribution is 7.90. The highest BCUT2D eigenvalue weighted by Gasteiger charge is 2.18. The van der Waals surface area contributed by atoms with Crippen LogP contribution in [0.4, 0.5) is 0 Å². The van der Waals surface area contributed by atoms with Crippen molar-refractivity contribution in [2.24, 2.45) is 11.7 Å². The molecule has 26 heavy (non-hydrogen) atoms. The standard InChI is InChI=1S/C18H30N2O4S.ClH/c1-13(2)9-11-24-16-7-5-15(6-8-16)14(3)20-18(21)17(19)10-12-25(4,22)23;/h5-8,13-14,17H,9-12,19H2,1-4H3,(H,20,21);1H. The fourth-order valence-electron chi connectivity index (χ4n) is 2.14. The van der Waals surface area contributed by atoms with Crippen molar-refractivity contribution in [3.8, 4) is 5.75 Å². The minimum Gasteiger partial charge on any atom is -0.494 e. The van der Waals surface area contributed by atoms with Gasteiger partial charge in [-0.1, -0.05) is 26.0 Å². The molecular weight excluding hydrogens is 376 g/mol. The first kappa shape index (κ1) is 24.7. The lowest BCUT2D eigenvalue weighted by atomic mass is 10.1. The fourth-order valence-corrected chi connectivity index (χ4v) is 2.82. The summed E-state index contributed by atoms with van der Waals surface area (Å²) in [5.74, 6) is 0.945. The summed E-state index contributed by atoms with van der Waals surface area (Å²) < 4.78 is 28.0. The number of amides is 1. The Morgan fingerprint density at radius 2 is 1.73 bits per heavy atom. The molecule has 0 saturated heterocycles. The maximum atomic E-state index is 12.1. The van der Waals surface area contributed by atoms with Crippen LogP contribution < -0.4 is 15.8 Å². The topological polar surface area (TPSA) is 98.5 Å². The molecule has 0 aliphatic rings. The molecule has 150 valence electrons. The molecule has 0 spiro atoms. The lowest BCUT2D eigenvalue weighted by molar-refractivity contribution is -0.123. The minimum atomic E-state index is -3.13. The number of benzene rings is 1. The van der Waals surface area contributed by atoms with Crippen molar-refractivity contribution in [2.45, 2.75) is 45.7 Å². The molecule has 0 radical (unpaired) electrons. The quantitative estimate of drug-likeness (QED) is 0.621. The van der Waals surface area contributed by atoms with Crippen molar-refractivity contribution in [2.75, 3.05) is 18.6 Å². The van der Waals surface area contributed by atoms with E-state index in [1.165, 1.54) is 0 Å². The van der Waals surface area contributed by atoms with E-state index >= 15 is 0 Å². The van der Waals surface area contributed by atoms with E-state index in [-0.39, 0.29) is 36.5 Å². The van der Waals surface area contributed by atoms with Crippen LogP contribution in [-0.4, -0.2) is 39.0 Å². The number of carbonyl (C=O) groups is 1. The molecule has 2 atom stereocenters. The van der Waals surface area contributed by atoms with Crippen molar-refractivity contribution >= 4 is 28.2 Å². The van der Waals surface area contributed by atoms with Gasteiger partial charge in [-0.05, 0) is 43.4 Å². The molecule has 1 rings (SSSR count). The molecule has 0 aliphatic heterocycles. The molecule has 0 aliphatic carbocycles. The number of hydrogen-bond donors (Lipinski definition) is 2. The smallest absolute Gasteiger partial charge is 0.237 e. The van der Waals surface area contributed by atoms with E-state index in [2.05, 4.69) is 19.2 Å².